The van der Waals surface area contributed by atoms with Gasteiger partial charge in [0.15, 0.2) is 5.89 Å². The second-order valence-electron chi connectivity index (χ2n) is 5.51. The Morgan fingerprint density at radius 2 is 2.12 bits per heavy atom. The molecule has 0 saturated carbocycles. The molecular weight excluding hydrogens is 202 g/mol. The van der Waals surface area contributed by atoms with Crippen molar-refractivity contribution in [2.75, 3.05) is 5.73 Å². The maximum Gasteiger partial charge on any atom is 0.229 e. The summed E-state index contributed by atoms with van der Waals surface area (Å²) in [4.78, 5) is 4.05. The fourth-order valence-electron chi connectivity index (χ4n) is 1.96. The van der Waals surface area contributed by atoms with Gasteiger partial charge < -0.3 is 10.2 Å². The molecule has 2 N–H and O–H groups in total. The van der Waals surface area contributed by atoms with Gasteiger partial charge in [0, 0.05) is 6.42 Å². The fraction of sp³-hybridized carbons (Fsp3) is 0.667. The van der Waals surface area contributed by atoms with Crippen molar-refractivity contribution in [1.29, 1.82) is 5.26 Å². The molecule has 4 nitrogen and oxygen atoms in total. The number of hydrogen-bond donors (Lipinski definition) is 1. The van der Waals surface area contributed by atoms with E-state index in [0.717, 1.165) is 12.8 Å². The summed E-state index contributed by atoms with van der Waals surface area (Å²) in [7, 11) is 0. The Kier molecular flexibility index (Phi) is 3.58. The van der Waals surface area contributed by atoms with Crippen LogP contribution >= 0.6 is 0 Å². The standard InChI is InChI=1S/C12H19N3O/c1-8(6-12(2,3)4)5-10-15-9(7-13)11(14)16-10/h8H,5-6,14H2,1-4H3. The summed E-state index contributed by atoms with van der Waals surface area (Å²) in [6.07, 6.45) is 1.81. The molecule has 0 aliphatic rings. The third-order valence-corrected chi connectivity index (χ3v) is 2.29. The summed E-state index contributed by atoms with van der Waals surface area (Å²) in [5, 5.41) is 8.70. The van der Waals surface area contributed by atoms with Crippen molar-refractivity contribution in [3.05, 3.63) is 11.6 Å². The van der Waals surface area contributed by atoms with E-state index in [1.165, 1.54) is 0 Å². The number of anilines is 1. The lowest BCUT2D eigenvalue weighted by Gasteiger charge is -2.22. The van der Waals surface area contributed by atoms with Crippen LogP contribution in [-0.2, 0) is 6.42 Å². The minimum atomic E-state index is 0.125. The van der Waals surface area contributed by atoms with Gasteiger partial charge in [-0.1, -0.05) is 27.7 Å². The summed E-state index contributed by atoms with van der Waals surface area (Å²) in [6.45, 7) is 8.76. The van der Waals surface area contributed by atoms with Crippen molar-refractivity contribution in [3.63, 3.8) is 0 Å². The minimum absolute atomic E-state index is 0.125. The lowest BCUT2D eigenvalue weighted by Crippen LogP contribution is -2.12. The molecule has 0 radical (unpaired) electrons. The molecule has 1 heterocycles. The van der Waals surface area contributed by atoms with Gasteiger partial charge >= 0.3 is 0 Å². The van der Waals surface area contributed by atoms with Gasteiger partial charge in [0.2, 0.25) is 11.6 Å². The summed E-state index contributed by atoms with van der Waals surface area (Å²) in [5.74, 6) is 1.15. The molecule has 0 saturated heterocycles. The zero-order chi connectivity index (χ0) is 12.3. The van der Waals surface area contributed by atoms with Crippen LogP contribution in [0.15, 0.2) is 4.42 Å². The van der Waals surface area contributed by atoms with E-state index in [-0.39, 0.29) is 17.0 Å². The van der Waals surface area contributed by atoms with E-state index in [4.69, 9.17) is 15.4 Å². The first-order chi connectivity index (χ1) is 7.31. The van der Waals surface area contributed by atoms with E-state index < -0.39 is 0 Å². The number of nitrogens with two attached hydrogens (primary N) is 1. The van der Waals surface area contributed by atoms with Gasteiger partial charge in [-0.05, 0) is 17.8 Å². The highest BCUT2D eigenvalue weighted by Crippen LogP contribution is 2.26. The number of hydrogen-bond acceptors (Lipinski definition) is 4. The van der Waals surface area contributed by atoms with Crippen molar-refractivity contribution in [2.45, 2.75) is 40.5 Å². The molecule has 0 bridgehead atoms. The molecule has 1 unspecified atom stereocenters. The molecule has 0 aromatic carbocycles. The highest BCUT2D eigenvalue weighted by Gasteiger charge is 2.18. The van der Waals surface area contributed by atoms with E-state index in [0.29, 0.717) is 11.8 Å². The molecular formula is C12H19N3O. The number of nitrogens with zero attached hydrogens (tertiary/aromatic N) is 2. The van der Waals surface area contributed by atoms with Crippen LogP contribution in [0.25, 0.3) is 0 Å². The molecule has 0 spiro atoms. The van der Waals surface area contributed by atoms with Crippen molar-refractivity contribution in [2.24, 2.45) is 11.3 Å². The second-order valence-corrected chi connectivity index (χ2v) is 5.51. The van der Waals surface area contributed by atoms with Crippen LogP contribution in [0, 0.1) is 22.7 Å². The smallest absolute Gasteiger partial charge is 0.229 e. The van der Waals surface area contributed by atoms with Gasteiger partial charge in [0.1, 0.15) is 6.07 Å². The molecule has 16 heavy (non-hydrogen) atoms. The van der Waals surface area contributed by atoms with Crippen LogP contribution in [0.4, 0.5) is 5.88 Å². The van der Waals surface area contributed by atoms with E-state index >= 15 is 0 Å². The molecule has 1 rings (SSSR count). The summed E-state index contributed by atoms with van der Waals surface area (Å²) in [5.41, 5.74) is 5.98. The molecule has 4 heteroatoms. The van der Waals surface area contributed by atoms with Crippen molar-refractivity contribution in [3.8, 4) is 6.07 Å². The first-order valence-electron chi connectivity index (χ1n) is 5.47. The minimum Gasteiger partial charge on any atom is -0.424 e. The van der Waals surface area contributed by atoms with Gasteiger partial charge in [0.05, 0.1) is 0 Å². The molecule has 0 fully saturated rings. The van der Waals surface area contributed by atoms with Crippen molar-refractivity contribution in [1.82, 2.24) is 4.98 Å². The van der Waals surface area contributed by atoms with Crippen LogP contribution in [0.5, 0.6) is 0 Å². The van der Waals surface area contributed by atoms with Gasteiger partial charge in [-0.3, -0.25) is 0 Å². The predicted molar refractivity (Wildman–Crippen MR) is 62.6 cm³/mol. The van der Waals surface area contributed by atoms with E-state index in [2.05, 4.69) is 32.7 Å². The predicted octanol–water partition coefficient (Wildman–Crippen LogP) is 2.74. The summed E-state index contributed by atoms with van der Waals surface area (Å²) < 4.78 is 5.23. The van der Waals surface area contributed by atoms with Gasteiger partial charge in [0.25, 0.3) is 0 Å². The summed E-state index contributed by atoms with van der Waals surface area (Å²) >= 11 is 0. The third kappa shape index (κ3) is 3.58. The normalized spacial score (nSPS) is 13.4. The zero-order valence-corrected chi connectivity index (χ0v) is 10.4. The second kappa shape index (κ2) is 4.56. The Bertz CT molecular complexity index is 395. The molecule has 1 atom stereocenters. The monoisotopic (exact) mass is 221 g/mol. The highest BCUT2D eigenvalue weighted by atomic mass is 16.4. The number of rotatable bonds is 3. The number of nitrogen functional groups attached to an aromatic ring is 1. The molecule has 1 aromatic rings. The van der Waals surface area contributed by atoms with Crippen LogP contribution in [0.1, 0.15) is 45.7 Å². The lowest BCUT2D eigenvalue weighted by molar-refractivity contribution is 0.294. The van der Waals surface area contributed by atoms with Gasteiger partial charge in [-0.15, -0.1) is 0 Å². The summed E-state index contributed by atoms with van der Waals surface area (Å²) in [6, 6.07) is 1.91. The molecule has 0 aliphatic carbocycles. The van der Waals surface area contributed by atoms with Gasteiger partial charge in [-0.2, -0.15) is 5.26 Å². The van der Waals surface area contributed by atoms with Gasteiger partial charge in [-0.25, -0.2) is 4.98 Å². The number of nitriles is 1. The van der Waals surface area contributed by atoms with Crippen LogP contribution in [0.3, 0.4) is 0 Å². The SMILES string of the molecule is CC(Cc1nc(C#N)c(N)o1)CC(C)(C)C. The molecule has 88 valence electrons. The van der Waals surface area contributed by atoms with E-state index in [9.17, 15) is 0 Å². The fourth-order valence-corrected chi connectivity index (χ4v) is 1.96. The highest BCUT2D eigenvalue weighted by molar-refractivity contribution is 5.40. The number of oxazole rings is 1. The van der Waals surface area contributed by atoms with Crippen LogP contribution in [-0.4, -0.2) is 4.98 Å². The first-order valence-corrected chi connectivity index (χ1v) is 5.47. The molecule has 0 amide bonds. The Balaban J connectivity index is 2.64. The Hall–Kier alpha value is -1.50. The van der Waals surface area contributed by atoms with Crippen LogP contribution < -0.4 is 5.73 Å². The lowest BCUT2D eigenvalue weighted by atomic mass is 9.84. The van der Waals surface area contributed by atoms with Crippen molar-refractivity contribution >= 4 is 5.88 Å². The largest absolute Gasteiger partial charge is 0.424 e. The third-order valence-electron chi connectivity index (χ3n) is 2.29. The maximum absolute atomic E-state index is 8.70. The maximum atomic E-state index is 8.70. The van der Waals surface area contributed by atoms with E-state index in [1.54, 1.807) is 0 Å². The Morgan fingerprint density at radius 3 is 2.56 bits per heavy atom. The molecule has 0 aliphatic heterocycles. The quantitative estimate of drug-likeness (QED) is 0.851. The van der Waals surface area contributed by atoms with Crippen molar-refractivity contribution < 1.29 is 4.42 Å². The number of aromatic nitrogens is 1. The Labute approximate surface area is 96.5 Å². The zero-order valence-electron chi connectivity index (χ0n) is 10.4. The topological polar surface area (TPSA) is 75.8 Å². The average Bonchev–Trinajstić information content (AvgIpc) is 2.42. The van der Waals surface area contributed by atoms with Crippen LogP contribution in [0.2, 0.25) is 0 Å². The van der Waals surface area contributed by atoms with E-state index in [1.807, 2.05) is 6.07 Å². The molecule has 1 aromatic heterocycles. The Morgan fingerprint density at radius 1 is 1.50 bits per heavy atom. The first kappa shape index (κ1) is 12.6. The average molecular weight is 221 g/mol.